The highest BCUT2D eigenvalue weighted by Crippen LogP contribution is 2.43. The molecule has 2 aromatic carbocycles. The lowest BCUT2D eigenvalue weighted by Crippen LogP contribution is -2.35. The van der Waals surface area contributed by atoms with Crippen LogP contribution in [0.5, 0.6) is 11.5 Å². The van der Waals surface area contributed by atoms with E-state index in [0.29, 0.717) is 24.6 Å². The number of hydrogen-bond acceptors (Lipinski definition) is 6. The summed E-state index contributed by atoms with van der Waals surface area (Å²) in [6, 6.07) is 11.9. The van der Waals surface area contributed by atoms with E-state index in [-0.39, 0.29) is 16.9 Å². The first-order valence-electron chi connectivity index (χ1n) is 10.0. The first-order valence-corrected chi connectivity index (χ1v) is 10.0. The van der Waals surface area contributed by atoms with E-state index >= 15 is 0 Å². The van der Waals surface area contributed by atoms with Crippen LogP contribution in [0.1, 0.15) is 22.7 Å². The van der Waals surface area contributed by atoms with Crippen LogP contribution in [0.3, 0.4) is 0 Å². The Morgan fingerprint density at radius 3 is 2.19 bits per heavy atom. The maximum absolute atomic E-state index is 13.2. The second kappa shape index (κ2) is 9.22. The van der Waals surface area contributed by atoms with Gasteiger partial charge in [0.1, 0.15) is 22.8 Å². The molecule has 1 unspecified atom stereocenters. The van der Waals surface area contributed by atoms with Gasteiger partial charge in [-0.2, -0.15) is 0 Å². The van der Waals surface area contributed by atoms with E-state index in [1.165, 1.54) is 19.1 Å². The summed E-state index contributed by atoms with van der Waals surface area (Å²) in [6.07, 6.45) is 0. The summed E-state index contributed by atoms with van der Waals surface area (Å²) in [4.78, 5) is 29.7. The smallest absolute Gasteiger partial charge is 0.295 e. The van der Waals surface area contributed by atoms with Gasteiger partial charge in [0, 0.05) is 13.1 Å². The number of aryl methyl sites for hydroxylation is 1. The summed E-state index contributed by atoms with van der Waals surface area (Å²) in [7, 11) is 6.75. The Morgan fingerprint density at radius 1 is 1.03 bits per heavy atom. The molecule has 1 fully saturated rings. The third kappa shape index (κ3) is 4.14. The Labute approximate surface area is 182 Å². The van der Waals surface area contributed by atoms with Crippen molar-refractivity contribution in [2.24, 2.45) is 0 Å². The van der Waals surface area contributed by atoms with E-state index in [1.54, 1.807) is 18.2 Å². The number of ether oxygens (including phenoxy) is 2. The molecule has 1 amide bonds. The van der Waals surface area contributed by atoms with Gasteiger partial charge in [0.25, 0.3) is 11.7 Å². The number of benzene rings is 2. The quantitative estimate of drug-likeness (QED) is 0.418. The number of likely N-dealkylation sites (N-methyl/N-ethyl adjacent to an activating group) is 1. The standard InChI is InChI=1S/C24H28N2O5/c1-15-9-6-7-10-16(15)21-20(23(28)24(29)26(21)14-13-25(2)3)22(27)19-17(30-4)11-8-12-18(19)31-5/h6-12,21,27H,13-14H2,1-5H3/b22-20+. The molecule has 0 aromatic heterocycles. The topological polar surface area (TPSA) is 79.3 Å². The number of Topliss-reactive ketones (excluding diaryl/α,β-unsaturated/α-hetero) is 1. The van der Waals surface area contributed by atoms with Crippen LogP contribution < -0.4 is 9.47 Å². The Bertz CT molecular complexity index is 1010. The molecule has 0 radical (unpaired) electrons. The maximum Gasteiger partial charge on any atom is 0.295 e. The van der Waals surface area contributed by atoms with E-state index in [0.717, 1.165) is 11.1 Å². The van der Waals surface area contributed by atoms with Crippen LogP contribution in [-0.4, -0.2) is 68.0 Å². The number of hydrogen-bond donors (Lipinski definition) is 1. The van der Waals surface area contributed by atoms with Gasteiger partial charge >= 0.3 is 0 Å². The predicted octanol–water partition coefficient (Wildman–Crippen LogP) is 3.00. The molecule has 1 aliphatic rings. The Balaban J connectivity index is 2.27. The molecule has 0 bridgehead atoms. The number of likely N-dealkylation sites (tertiary alicyclic amines) is 1. The Morgan fingerprint density at radius 2 is 1.65 bits per heavy atom. The molecule has 1 aliphatic heterocycles. The van der Waals surface area contributed by atoms with Crippen LogP contribution in [0, 0.1) is 6.92 Å². The molecule has 164 valence electrons. The number of aliphatic hydroxyl groups is 1. The van der Waals surface area contributed by atoms with E-state index in [4.69, 9.17) is 9.47 Å². The van der Waals surface area contributed by atoms with Gasteiger partial charge in [-0.3, -0.25) is 9.59 Å². The molecular formula is C24H28N2O5. The van der Waals surface area contributed by atoms with Crippen molar-refractivity contribution in [2.75, 3.05) is 41.4 Å². The molecule has 1 N–H and O–H groups in total. The SMILES string of the molecule is COc1cccc(OC)c1/C(O)=C1\C(=O)C(=O)N(CCN(C)C)C1c1ccccc1C. The fraction of sp³-hybridized carbons (Fsp3) is 0.333. The lowest BCUT2D eigenvalue weighted by molar-refractivity contribution is -0.140. The summed E-state index contributed by atoms with van der Waals surface area (Å²) >= 11 is 0. The lowest BCUT2D eigenvalue weighted by atomic mass is 9.92. The van der Waals surface area contributed by atoms with Gasteiger partial charge in [-0.15, -0.1) is 0 Å². The molecule has 7 heteroatoms. The van der Waals surface area contributed by atoms with E-state index in [9.17, 15) is 14.7 Å². The summed E-state index contributed by atoms with van der Waals surface area (Å²) in [5.74, 6) is -0.976. The minimum absolute atomic E-state index is 0.0286. The highest BCUT2D eigenvalue weighted by molar-refractivity contribution is 6.46. The van der Waals surface area contributed by atoms with Gasteiger partial charge in [-0.05, 0) is 44.3 Å². The normalized spacial score (nSPS) is 18.0. The minimum atomic E-state index is -0.725. The van der Waals surface area contributed by atoms with Gasteiger partial charge in [-0.1, -0.05) is 30.3 Å². The molecule has 7 nitrogen and oxygen atoms in total. The van der Waals surface area contributed by atoms with Crippen LogP contribution >= 0.6 is 0 Å². The van der Waals surface area contributed by atoms with E-state index < -0.39 is 17.7 Å². The monoisotopic (exact) mass is 424 g/mol. The van der Waals surface area contributed by atoms with E-state index in [1.807, 2.05) is 50.2 Å². The predicted molar refractivity (Wildman–Crippen MR) is 118 cm³/mol. The average molecular weight is 424 g/mol. The summed E-state index contributed by atoms with van der Waals surface area (Å²) in [5.41, 5.74) is 1.98. The molecule has 2 aromatic rings. The van der Waals surface area contributed by atoms with Gasteiger partial charge in [-0.25, -0.2) is 0 Å². The zero-order chi connectivity index (χ0) is 22.7. The summed E-state index contributed by atoms with van der Waals surface area (Å²) in [5, 5.41) is 11.4. The van der Waals surface area contributed by atoms with Crippen molar-refractivity contribution in [1.82, 2.24) is 9.80 Å². The summed E-state index contributed by atoms with van der Waals surface area (Å²) in [6.45, 7) is 2.84. The van der Waals surface area contributed by atoms with Crippen LogP contribution in [0.4, 0.5) is 0 Å². The van der Waals surface area contributed by atoms with Crippen LogP contribution in [0.25, 0.3) is 5.76 Å². The third-order valence-corrected chi connectivity index (χ3v) is 5.48. The fourth-order valence-electron chi connectivity index (χ4n) is 3.85. The van der Waals surface area contributed by atoms with Crippen molar-refractivity contribution < 1.29 is 24.2 Å². The molecule has 31 heavy (non-hydrogen) atoms. The number of ketones is 1. The van der Waals surface area contributed by atoms with Crippen LogP contribution in [-0.2, 0) is 9.59 Å². The number of carbonyl (C=O) groups excluding carboxylic acids is 2. The first-order chi connectivity index (χ1) is 14.8. The summed E-state index contributed by atoms with van der Waals surface area (Å²) < 4.78 is 10.8. The zero-order valence-corrected chi connectivity index (χ0v) is 18.5. The number of nitrogens with zero attached hydrogens (tertiary/aromatic N) is 2. The molecule has 1 heterocycles. The molecule has 0 saturated carbocycles. The highest BCUT2D eigenvalue weighted by Gasteiger charge is 2.46. The Kier molecular flexibility index (Phi) is 6.65. The Hall–Kier alpha value is -3.32. The van der Waals surface area contributed by atoms with Gasteiger partial charge in [0.05, 0.1) is 25.8 Å². The van der Waals surface area contributed by atoms with Crippen molar-refractivity contribution in [1.29, 1.82) is 0 Å². The van der Waals surface area contributed by atoms with Crippen molar-refractivity contribution in [2.45, 2.75) is 13.0 Å². The van der Waals surface area contributed by atoms with Gasteiger partial charge in [0.2, 0.25) is 0 Å². The largest absolute Gasteiger partial charge is 0.506 e. The average Bonchev–Trinajstić information content (AvgIpc) is 3.01. The van der Waals surface area contributed by atoms with Crippen LogP contribution in [0.15, 0.2) is 48.0 Å². The fourth-order valence-corrected chi connectivity index (χ4v) is 3.85. The van der Waals surface area contributed by atoms with Gasteiger partial charge < -0.3 is 24.4 Å². The lowest BCUT2D eigenvalue weighted by Gasteiger charge is -2.27. The van der Waals surface area contributed by atoms with Gasteiger partial charge in [0.15, 0.2) is 0 Å². The molecular weight excluding hydrogens is 396 g/mol. The molecule has 0 aliphatic carbocycles. The van der Waals surface area contributed by atoms with Crippen molar-refractivity contribution in [3.05, 3.63) is 64.7 Å². The molecule has 1 saturated heterocycles. The molecule has 1 atom stereocenters. The third-order valence-electron chi connectivity index (χ3n) is 5.48. The first kappa shape index (κ1) is 22.4. The van der Waals surface area contributed by atoms with Crippen molar-refractivity contribution >= 4 is 17.4 Å². The maximum atomic E-state index is 13.2. The number of methoxy groups -OCH3 is 2. The number of aliphatic hydroxyl groups excluding tert-OH is 1. The molecule has 3 rings (SSSR count). The van der Waals surface area contributed by atoms with Crippen molar-refractivity contribution in [3.8, 4) is 11.5 Å². The van der Waals surface area contributed by atoms with Crippen LogP contribution in [0.2, 0.25) is 0 Å². The second-order valence-corrected chi connectivity index (χ2v) is 7.69. The number of amides is 1. The highest BCUT2D eigenvalue weighted by atomic mass is 16.5. The minimum Gasteiger partial charge on any atom is -0.506 e. The molecule has 0 spiro atoms. The zero-order valence-electron chi connectivity index (χ0n) is 18.5. The second-order valence-electron chi connectivity index (χ2n) is 7.69. The number of carbonyl (C=O) groups is 2. The van der Waals surface area contributed by atoms with Crippen molar-refractivity contribution in [3.63, 3.8) is 0 Å². The van der Waals surface area contributed by atoms with E-state index in [2.05, 4.69) is 0 Å². The number of rotatable bonds is 7.